The molecule has 0 aromatic carbocycles. The van der Waals surface area contributed by atoms with Crippen molar-refractivity contribution >= 4 is 23.3 Å². The molecule has 0 aliphatic carbocycles. The zero-order valence-corrected chi connectivity index (χ0v) is 7.95. The van der Waals surface area contributed by atoms with Crippen LogP contribution in [0.1, 0.15) is 11.7 Å². The topological polar surface area (TPSA) is 88.3 Å². The largest absolute Gasteiger partial charge is 0.326 e. The summed E-state index contributed by atoms with van der Waals surface area (Å²) in [5, 5.41) is 3.92. The Morgan fingerprint density at radius 3 is 3.00 bits per heavy atom. The van der Waals surface area contributed by atoms with Crippen LogP contribution in [-0.4, -0.2) is 28.5 Å². The third kappa shape index (κ3) is 1.26. The van der Waals surface area contributed by atoms with Crippen LogP contribution in [0.25, 0.3) is 0 Å². The quantitative estimate of drug-likeness (QED) is 0.656. The third-order valence-electron chi connectivity index (χ3n) is 1.98. The Bertz CT molecular complexity index is 364. The normalized spacial score (nSPS) is 21.5. The van der Waals surface area contributed by atoms with E-state index in [2.05, 4.69) is 10.3 Å². The molecular formula is C7H8N4O2S. The van der Waals surface area contributed by atoms with Gasteiger partial charge in [0.15, 0.2) is 6.04 Å². The number of carbonyl (C=O) groups is 2. The molecule has 1 saturated heterocycles. The van der Waals surface area contributed by atoms with Gasteiger partial charge in [0.2, 0.25) is 0 Å². The van der Waals surface area contributed by atoms with E-state index in [4.69, 9.17) is 5.73 Å². The first-order valence-corrected chi connectivity index (χ1v) is 4.88. The van der Waals surface area contributed by atoms with Crippen molar-refractivity contribution in [1.29, 1.82) is 0 Å². The van der Waals surface area contributed by atoms with E-state index in [1.807, 2.05) is 0 Å². The van der Waals surface area contributed by atoms with Gasteiger partial charge in [0.25, 0.3) is 5.91 Å². The Balaban J connectivity index is 2.33. The van der Waals surface area contributed by atoms with Gasteiger partial charge in [0.05, 0.1) is 17.9 Å². The van der Waals surface area contributed by atoms with Gasteiger partial charge in [0.1, 0.15) is 0 Å². The summed E-state index contributed by atoms with van der Waals surface area (Å²) in [7, 11) is 0. The first kappa shape index (κ1) is 9.10. The minimum Gasteiger partial charge on any atom is -0.314 e. The summed E-state index contributed by atoms with van der Waals surface area (Å²) >= 11 is 1.37. The van der Waals surface area contributed by atoms with E-state index in [1.54, 1.807) is 10.9 Å². The van der Waals surface area contributed by atoms with Crippen LogP contribution in [0.4, 0.5) is 4.79 Å². The SMILES string of the molecule is NCN1C(=O)NC(=O)C1c1cscn1. The molecular weight excluding hydrogens is 204 g/mol. The Labute approximate surface area is 83.7 Å². The fourth-order valence-electron chi connectivity index (χ4n) is 1.34. The number of carbonyl (C=O) groups excluding carboxylic acids is 2. The fraction of sp³-hybridized carbons (Fsp3) is 0.286. The van der Waals surface area contributed by atoms with E-state index in [-0.39, 0.29) is 12.6 Å². The van der Waals surface area contributed by atoms with Gasteiger partial charge >= 0.3 is 6.03 Å². The maximum absolute atomic E-state index is 11.4. The summed E-state index contributed by atoms with van der Waals surface area (Å²) < 4.78 is 0. The number of hydrogen-bond acceptors (Lipinski definition) is 5. The minimum absolute atomic E-state index is 0.000231. The average molecular weight is 212 g/mol. The van der Waals surface area contributed by atoms with E-state index in [0.717, 1.165) is 0 Å². The zero-order chi connectivity index (χ0) is 10.1. The summed E-state index contributed by atoms with van der Waals surface area (Å²) in [6.45, 7) is -0.000231. The van der Waals surface area contributed by atoms with E-state index < -0.39 is 12.1 Å². The molecule has 1 unspecified atom stereocenters. The van der Waals surface area contributed by atoms with Crippen LogP contribution in [0.5, 0.6) is 0 Å². The van der Waals surface area contributed by atoms with Gasteiger partial charge in [-0.05, 0) is 0 Å². The Morgan fingerprint density at radius 2 is 2.43 bits per heavy atom. The lowest BCUT2D eigenvalue weighted by Crippen LogP contribution is -2.34. The molecule has 1 fully saturated rings. The van der Waals surface area contributed by atoms with Crippen molar-refractivity contribution in [1.82, 2.24) is 15.2 Å². The lowest BCUT2D eigenvalue weighted by Gasteiger charge is -2.17. The number of nitrogens with one attached hydrogen (secondary N) is 1. The molecule has 0 bridgehead atoms. The Morgan fingerprint density at radius 1 is 1.64 bits per heavy atom. The first-order valence-electron chi connectivity index (χ1n) is 3.93. The molecule has 2 heterocycles. The number of hydrogen-bond donors (Lipinski definition) is 2. The van der Waals surface area contributed by atoms with Crippen molar-refractivity contribution in [3.8, 4) is 0 Å². The minimum atomic E-state index is -0.668. The highest BCUT2D eigenvalue weighted by molar-refractivity contribution is 7.07. The standard InChI is InChI=1S/C7H8N4O2S/c8-2-11-5(4-1-14-3-9-4)6(12)10-7(11)13/h1,3,5H,2,8H2,(H,10,12,13). The number of amides is 3. The van der Waals surface area contributed by atoms with Crippen LogP contribution in [-0.2, 0) is 4.79 Å². The number of thiazole rings is 1. The fourth-order valence-corrected chi connectivity index (χ4v) is 1.92. The number of aromatic nitrogens is 1. The van der Waals surface area contributed by atoms with Gasteiger partial charge in [-0.15, -0.1) is 11.3 Å². The van der Waals surface area contributed by atoms with Gasteiger partial charge in [-0.3, -0.25) is 15.0 Å². The van der Waals surface area contributed by atoms with Gasteiger partial charge in [-0.25, -0.2) is 9.78 Å². The van der Waals surface area contributed by atoms with Crippen molar-refractivity contribution in [3.05, 3.63) is 16.6 Å². The second-order valence-electron chi connectivity index (χ2n) is 2.76. The number of rotatable bonds is 2. The molecule has 3 N–H and O–H groups in total. The van der Waals surface area contributed by atoms with E-state index in [1.165, 1.54) is 16.2 Å². The van der Waals surface area contributed by atoms with Crippen LogP contribution in [0.2, 0.25) is 0 Å². The lowest BCUT2D eigenvalue weighted by atomic mass is 10.2. The maximum atomic E-state index is 11.4. The first-order chi connectivity index (χ1) is 6.74. The van der Waals surface area contributed by atoms with Crippen LogP contribution in [0.3, 0.4) is 0 Å². The third-order valence-corrected chi connectivity index (χ3v) is 2.58. The van der Waals surface area contributed by atoms with E-state index in [0.29, 0.717) is 5.69 Å². The number of nitrogens with zero attached hydrogens (tertiary/aromatic N) is 2. The Hall–Kier alpha value is -1.47. The molecule has 0 radical (unpaired) electrons. The summed E-state index contributed by atoms with van der Waals surface area (Å²) in [4.78, 5) is 27.8. The molecule has 1 atom stereocenters. The Kier molecular flexibility index (Phi) is 2.18. The van der Waals surface area contributed by atoms with Crippen LogP contribution >= 0.6 is 11.3 Å². The molecule has 7 heteroatoms. The smallest absolute Gasteiger partial charge is 0.314 e. The summed E-state index contributed by atoms with van der Waals surface area (Å²) in [6.07, 6.45) is 0. The molecule has 1 aromatic rings. The van der Waals surface area contributed by atoms with E-state index >= 15 is 0 Å². The average Bonchev–Trinajstić information content (AvgIpc) is 2.72. The number of nitrogens with two attached hydrogens (primary N) is 1. The number of urea groups is 1. The molecule has 0 spiro atoms. The van der Waals surface area contributed by atoms with Crippen molar-refractivity contribution in [2.24, 2.45) is 5.73 Å². The summed E-state index contributed by atoms with van der Waals surface area (Å²) in [5.41, 5.74) is 7.54. The van der Waals surface area contributed by atoms with Crippen molar-refractivity contribution in [3.63, 3.8) is 0 Å². The molecule has 1 aliphatic rings. The molecule has 6 nitrogen and oxygen atoms in total. The molecule has 0 saturated carbocycles. The van der Waals surface area contributed by atoms with Crippen LogP contribution < -0.4 is 11.1 Å². The van der Waals surface area contributed by atoms with Crippen molar-refractivity contribution in [2.45, 2.75) is 6.04 Å². The molecule has 3 amide bonds. The predicted octanol–water partition coefficient (Wildman–Crippen LogP) is -0.348. The van der Waals surface area contributed by atoms with Crippen molar-refractivity contribution in [2.75, 3.05) is 6.67 Å². The lowest BCUT2D eigenvalue weighted by molar-refractivity contribution is -0.121. The highest BCUT2D eigenvalue weighted by atomic mass is 32.1. The van der Waals surface area contributed by atoms with Gasteiger partial charge in [-0.1, -0.05) is 0 Å². The highest BCUT2D eigenvalue weighted by Gasteiger charge is 2.39. The maximum Gasteiger partial charge on any atom is 0.326 e. The molecule has 74 valence electrons. The monoisotopic (exact) mass is 212 g/mol. The van der Waals surface area contributed by atoms with Gasteiger partial charge < -0.3 is 5.73 Å². The second-order valence-corrected chi connectivity index (χ2v) is 3.48. The predicted molar refractivity (Wildman–Crippen MR) is 49.3 cm³/mol. The van der Waals surface area contributed by atoms with E-state index in [9.17, 15) is 9.59 Å². The molecule has 1 aliphatic heterocycles. The number of imide groups is 1. The molecule has 14 heavy (non-hydrogen) atoms. The van der Waals surface area contributed by atoms with Crippen molar-refractivity contribution < 1.29 is 9.59 Å². The molecule has 1 aromatic heterocycles. The van der Waals surface area contributed by atoms with Crippen LogP contribution in [0, 0.1) is 0 Å². The zero-order valence-electron chi connectivity index (χ0n) is 7.14. The second kappa shape index (κ2) is 3.35. The summed E-state index contributed by atoms with van der Waals surface area (Å²) in [5.74, 6) is -0.369. The summed E-state index contributed by atoms with van der Waals surface area (Å²) in [6, 6.07) is -1.13. The van der Waals surface area contributed by atoms with Gasteiger partial charge in [0, 0.05) is 5.38 Å². The van der Waals surface area contributed by atoms with Gasteiger partial charge in [-0.2, -0.15) is 0 Å². The molecule has 2 rings (SSSR count). The van der Waals surface area contributed by atoms with Crippen LogP contribution in [0.15, 0.2) is 10.9 Å². The highest BCUT2D eigenvalue weighted by Crippen LogP contribution is 2.24.